The quantitative estimate of drug-likeness (QED) is 0.511. The summed E-state index contributed by atoms with van der Waals surface area (Å²) >= 11 is 0. The lowest BCUT2D eigenvalue weighted by molar-refractivity contribution is -0.124. The van der Waals surface area contributed by atoms with E-state index in [1.807, 2.05) is 30.3 Å². The maximum Gasteiger partial charge on any atom is 0.264 e. The van der Waals surface area contributed by atoms with Crippen LogP contribution in [0.15, 0.2) is 36.4 Å². The molecule has 2 aromatic heterocycles. The van der Waals surface area contributed by atoms with E-state index < -0.39 is 6.43 Å². The number of carbonyl (C=O) groups is 1. The number of carbonyl (C=O) groups excluding carboxylic acids is 1. The van der Waals surface area contributed by atoms with Gasteiger partial charge in [-0.1, -0.05) is 30.3 Å². The lowest BCUT2D eigenvalue weighted by Gasteiger charge is -2.56. The molecule has 4 bridgehead atoms. The van der Waals surface area contributed by atoms with E-state index in [0.717, 1.165) is 23.3 Å². The largest absolute Gasteiger partial charge is 0.354 e. The smallest absolute Gasteiger partial charge is 0.264 e. The molecule has 0 radical (unpaired) electrons. The number of fused-ring (bicyclic) bond motifs is 1. The Bertz CT molecular complexity index is 1200. The molecule has 0 unspecified atom stereocenters. The molecule has 0 saturated heterocycles. The van der Waals surface area contributed by atoms with Crippen molar-refractivity contribution in [2.45, 2.75) is 58.4 Å². The average Bonchev–Trinajstić information content (AvgIpc) is 3.12. The lowest BCUT2D eigenvalue weighted by Crippen LogP contribution is -2.51. The van der Waals surface area contributed by atoms with Crippen molar-refractivity contribution in [1.82, 2.24) is 20.1 Å². The van der Waals surface area contributed by atoms with Crippen molar-refractivity contribution in [2.24, 2.45) is 23.2 Å². The van der Waals surface area contributed by atoms with Crippen molar-refractivity contribution in [1.29, 1.82) is 0 Å². The summed E-state index contributed by atoms with van der Waals surface area (Å²) in [5.74, 6) is 2.35. The van der Waals surface area contributed by atoms with Crippen molar-refractivity contribution >= 4 is 16.9 Å². The first kappa shape index (κ1) is 21.7. The number of benzene rings is 1. The summed E-state index contributed by atoms with van der Waals surface area (Å²) in [5.41, 5.74) is 2.15. The third kappa shape index (κ3) is 3.79. The molecule has 5 nitrogen and oxygen atoms in total. The molecule has 7 rings (SSSR count). The van der Waals surface area contributed by atoms with Gasteiger partial charge in [0, 0.05) is 17.7 Å². The zero-order valence-electron chi connectivity index (χ0n) is 19.4. The van der Waals surface area contributed by atoms with Crippen LogP contribution in [0.25, 0.3) is 22.3 Å². The summed E-state index contributed by atoms with van der Waals surface area (Å²) in [6.45, 7) is 2.38. The molecule has 4 saturated carbocycles. The average molecular weight is 465 g/mol. The number of amides is 1. The predicted octanol–water partition coefficient (Wildman–Crippen LogP) is 5.68. The number of rotatable bonds is 6. The lowest BCUT2D eigenvalue weighted by atomic mass is 9.49. The first-order valence-corrected chi connectivity index (χ1v) is 12.4. The van der Waals surface area contributed by atoms with Gasteiger partial charge in [-0.15, -0.1) is 0 Å². The van der Waals surface area contributed by atoms with Crippen LogP contribution in [0.4, 0.5) is 8.78 Å². The summed E-state index contributed by atoms with van der Waals surface area (Å²) < 4.78 is 29.4. The SMILES string of the molecule is Cc1nn(CC(=O)NCC23CC4CC(CC(C4)C2)C3)c2nc(-c3ccccc3)cc(C(F)F)c12. The van der Waals surface area contributed by atoms with Crippen LogP contribution in [0, 0.1) is 30.1 Å². The van der Waals surface area contributed by atoms with Gasteiger partial charge in [0.05, 0.1) is 16.8 Å². The number of nitrogens with zero attached hydrogens (tertiary/aromatic N) is 3. The molecule has 3 aromatic rings. The van der Waals surface area contributed by atoms with Crippen LogP contribution in [0.5, 0.6) is 0 Å². The molecule has 1 amide bonds. The minimum absolute atomic E-state index is 0.0232. The van der Waals surface area contributed by atoms with Crippen LogP contribution in [-0.2, 0) is 11.3 Å². The number of pyridine rings is 1. The molecule has 2 heterocycles. The van der Waals surface area contributed by atoms with Gasteiger partial charge in [0.2, 0.25) is 5.91 Å². The van der Waals surface area contributed by atoms with Crippen LogP contribution >= 0.6 is 0 Å². The second kappa shape index (κ2) is 8.14. The van der Waals surface area contributed by atoms with E-state index >= 15 is 0 Å². The molecule has 1 N–H and O–H groups in total. The molecule has 0 spiro atoms. The minimum Gasteiger partial charge on any atom is -0.354 e. The van der Waals surface area contributed by atoms with Gasteiger partial charge in [-0.05, 0) is 74.7 Å². The molecule has 178 valence electrons. The maximum atomic E-state index is 14.0. The Kier molecular flexibility index (Phi) is 5.19. The van der Waals surface area contributed by atoms with Crippen molar-refractivity contribution < 1.29 is 13.6 Å². The highest BCUT2D eigenvalue weighted by Crippen LogP contribution is 2.59. The molecule has 0 aliphatic heterocycles. The third-order valence-electron chi connectivity index (χ3n) is 8.33. The number of halogens is 2. The van der Waals surface area contributed by atoms with Gasteiger partial charge >= 0.3 is 0 Å². The summed E-state index contributed by atoms with van der Waals surface area (Å²) in [5, 5.41) is 7.95. The zero-order valence-corrected chi connectivity index (χ0v) is 19.4. The Labute approximate surface area is 197 Å². The normalized spacial score (nSPS) is 27.6. The number of hydrogen-bond donors (Lipinski definition) is 1. The summed E-state index contributed by atoms with van der Waals surface area (Å²) in [6.07, 6.45) is 5.12. The maximum absolute atomic E-state index is 14.0. The highest BCUT2D eigenvalue weighted by atomic mass is 19.3. The number of hydrogen-bond acceptors (Lipinski definition) is 3. The zero-order chi connectivity index (χ0) is 23.4. The predicted molar refractivity (Wildman–Crippen MR) is 126 cm³/mol. The van der Waals surface area contributed by atoms with Crippen LogP contribution in [0.3, 0.4) is 0 Å². The Morgan fingerprint density at radius 2 is 1.76 bits per heavy atom. The monoisotopic (exact) mass is 464 g/mol. The molecule has 34 heavy (non-hydrogen) atoms. The Balaban J connectivity index is 1.26. The van der Waals surface area contributed by atoms with Crippen LogP contribution in [-0.4, -0.2) is 27.2 Å². The van der Waals surface area contributed by atoms with Gasteiger partial charge in [0.1, 0.15) is 6.54 Å². The van der Waals surface area contributed by atoms with Crippen molar-refractivity contribution in [3.05, 3.63) is 47.7 Å². The van der Waals surface area contributed by atoms with Gasteiger partial charge < -0.3 is 5.32 Å². The van der Waals surface area contributed by atoms with E-state index in [2.05, 4.69) is 15.4 Å². The Morgan fingerprint density at radius 3 is 2.38 bits per heavy atom. The van der Waals surface area contributed by atoms with Crippen molar-refractivity contribution in [2.75, 3.05) is 6.54 Å². The fourth-order valence-electron chi connectivity index (χ4n) is 7.41. The van der Waals surface area contributed by atoms with Gasteiger partial charge in [-0.25, -0.2) is 18.4 Å². The second-order valence-electron chi connectivity index (χ2n) is 10.9. The van der Waals surface area contributed by atoms with Crippen LogP contribution < -0.4 is 5.32 Å². The van der Waals surface area contributed by atoms with E-state index in [1.165, 1.54) is 49.3 Å². The van der Waals surface area contributed by atoms with E-state index in [9.17, 15) is 13.6 Å². The second-order valence-corrected chi connectivity index (χ2v) is 10.9. The fraction of sp³-hybridized carbons (Fsp3) is 0.519. The minimum atomic E-state index is -2.66. The highest BCUT2D eigenvalue weighted by Gasteiger charge is 2.50. The van der Waals surface area contributed by atoms with Gasteiger partial charge in [0.25, 0.3) is 6.43 Å². The van der Waals surface area contributed by atoms with E-state index in [-0.39, 0.29) is 23.4 Å². The van der Waals surface area contributed by atoms with Crippen LogP contribution in [0.2, 0.25) is 0 Å². The number of aromatic nitrogens is 3. The number of aryl methyl sites for hydroxylation is 1. The molecule has 4 fully saturated rings. The standard InChI is InChI=1S/C27H30F2N4O/c1-16-24-21(25(28)29)10-22(20-5-3-2-4-6-20)31-26(24)33(32-16)14-23(34)30-15-27-11-17-7-18(12-27)9-19(8-17)13-27/h2-6,10,17-19,25H,7-9,11-15H2,1H3,(H,30,34). The van der Waals surface area contributed by atoms with Gasteiger partial charge in [0.15, 0.2) is 5.65 Å². The summed E-state index contributed by atoms with van der Waals surface area (Å²) in [7, 11) is 0. The first-order chi connectivity index (χ1) is 16.4. The molecule has 0 atom stereocenters. The third-order valence-corrected chi connectivity index (χ3v) is 8.33. The number of alkyl halides is 2. The number of nitrogens with one attached hydrogen (secondary N) is 1. The molecular formula is C27H30F2N4O. The van der Waals surface area contributed by atoms with E-state index in [4.69, 9.17) is 0 Å². The molecule has 7 heteroatoms. The summed E-state index contributed by atoms with van der Waals surface area (Å²) in [4.78, 5) is 17.6. The van der Waals surface area contributed by atoms with Gasteiger partial charge in [-0.2, -0.15) is 5.10 Å². The van der Waals surface area contributed by atoms with Crippen LogP contribution in [0.1, 0.15) is 56.2 Å². The highest BCUT2D eigenvalue weighted by molar-refractivity contribution is 5.87. The van der Waals surface area contributed by atoms with Crippen molar-refractivity contribution in [3.8, 4) is 11.3 Å². The first-order valence-electron chi connectivity index (χ1n) is 12.4. The summed E-state index contributed by atoms with van der Waals surface area (Å²) in [6, 6.07) is 10.7. The van der Waals surface area contributed by atoms with Crippen molar-refractivity contribution in [3.63, 3.8) is 0 Å². The molecule has 4 aliphatic carbocycles. The topological polar surface area (TPSA) is 59.8 Å². The molecule has 1 aromatic carbocycles. The van der Waals surface area contributed by atoms with E-state index in [0.29, 0.717) is 29.0 Å². The fourth-order valence-corrected chi connectivity index (χ4v) is 7.41. The molecular weight excluding hydrogens is 434 g/mol. The Hall–Kier alpha value is -2.83. The van der Waals surface area contributed by atoms with E-state index in [1.54, 1.807) is 6.92 Å². The Morgan fingerprint density at radius 1 is 1.12 bits per heavy atom. The van der Waals surface area contributed by atoms with Gasteiger partial charge in [-0.3, -0.25) is 4.79 Å². The molecule has 4 aliphatic rings.